The molecule has 1 aromatic rings. The number of cyclic esters (lactones) is 1. The first-order valence-electron chi connectivity index (χ1n) is 10.7. The number of hydrazine groups is 1. The number of hydrogen-bond donors (Lipinski definition) is 2. The van der Waals surface area contributed by atoms with Crippen LogP contribution in [0, 0.1) is 23.2 Å². The molecule has 6 heteroatoms. The van der Waals surface area contributed by atoms with E-state index in [1.54, 1.807) is 19.1 Å². The third kappa shape index (κ3) is 3.32. The monoisotopic (exact) mass is 396 g/mol. The Hall–Kier alpha value is -2.37. The Kier molecular flexibility index (Phi) is 4.23. The molecule has 1 aromatic carbocycles. The van der Waals surface area contributed by atoms with E-state index in [0.717, 1.165) is 42.6 Å². The molecule has 0 saturated heterocycles. The first-order chi connectivity index (χ1) is 13.8. The SMILES string of the molecule is CC1(C(=O)NNC(=O)CC23CC4CC(CC(C4)C2)C3)Cc2ccccc2C(=O)O1. The highest BCUT2D eigenvalue weighted by Gasteiger charge is 2.51. The van der Waals surface area contributed by atoms with Crippen molar-refractivity contribution >= 4 is 17.8 Å². The van der Waals surface area contributed by atoms with Crippen molar-refractivity contribution < 1.29 is 19.1 Å². The van der Waals surface area contributed by atoms with E-state index in [1.807, 2.05) is 12.1 Å². The molecule has 1 atom stereocenters. The van der Waals surface area contributed by atoms with E-state index in [-0.39, 0.29) is 17.7 Å². The average molecular weight is 396 g/mol. The number of benzene rings is 1. The predicted molar refractivity (Wildman–Crippen MR) is 105 cm³/mol. The van der Waals surface area contributed by atoms with Gasteiger partial charge in [0.2, 0.25) is 5.91 Å². The summed E-state index contributed by atoms with van der Waals surface area (Å²) in [6, 6.07) is 7.13. The number of hydrogen-bond acceptors (Lipinski definition) is 4. The lowest BCUT2D eigenvalue weighted by molar-refractivity contribution is -0.144. The van der Waals surface area contributed by atoms with Crippen LogP contribution in [0.3, 0.4) is 0 Å². The summed E-state index contributed by atoms with van der Waals surface area (Å²) in [4.78, 5) is 37.7. The van der Waals surface area contributed by atoms with Gasteiger partial charge >= 0.3 is 5.97 Å². The van der Waals surface area contributed by atoms with Gasteiger partial charge in [-0.05, 0) is 80.2 Å². The fraction of sp³-hybridized carbons (Fsp3) is 0.609. The molecule has 1 aliphatic heterocycles. The smallest absolute Gasteiger partial charge is 0.339 e. The Morgan fingerprint density at radius 1 is 1.03 bits per heavy atom. The Balaban J connectivity index is 1.20. The zero-order valence-electron chi connectivity index (χ0n) is 16.8. The van der Waals surface area contributed by atoms with Crippen LogP contribution >= 0.6 is 0 Å². The number of ether oxygens (including phenoxy) is 1. The first-order valence-corrected chi connectivity index (χ1v) is 10.7. The summed E-state index contributed by atoms with van der Waals surface area (Å²) in [7, 11) is 0. The number of rotatable bonds is 3. The first kappa shape index (κ1) is 18.6. The summed E-state index contributed by atoms with van der Waals surface area (Å²) in [6.45, 7) is 1.58. The van der Waals surface area contributed by atoms with Crippen LogP contribution in [0.15, 0.2) is 24.3 Å². The van der Waals surface area contributed by atoms with E-state index in [0.29, 0.717) is 12.0 Å². The van der Waals surface area contributed by atoms with Crippen LogP contribution in [0.25, 0.3) is 0 Å². The summed E-state index contributed by atoms with van der Waals surface area (Å²) in [5.41, 5.74) is 5.15. The van der Waals surface area contributed by atoms with Crippen molar-refractivity contribution in [1.82, 2.24) is 10.9 Å². The average Bonchev–Trinajstić information content (AvgIpc) is 2.64. The van der Waals surface area contributed by atoms with Gasteiger partial charge in [-0.2, -0.15) is 0 Å². The van der Waals surface area contributed by atoms with E-state index < -0.39 is 17.5 Å². The van der Waals surface area contributed by atoms with Gasteiger partial charge in [0.05, 0.1) is 5.56 Å². The second-order valence-electron chi connectivity index (χ2n) is 10.1. The molecule has 6 nitrogen and oxygen atoms in total. The van der Waals surface area contributed by atoms with E-state index in [2.05, 4.69) is 10.9 Å². The highest BCUT2D eigenvalue weighted by Crippen LogP contribution is 2.61. The Bertz CT molecular complexity index is 844. The molecule has 0 spiro atoms. The van der Waals surface area contributed by atoms with Gasteiger partial charge in [-0.1, -0.05) is 18.2 Å². The minimum atomic E-state index is -1.33. The van der Waals surface area contributed by atoms with Crippen molar-refractivity contribution in [2.24, 2.45) is 23.2 Å². The van der Waals surface area contributed by atoms with Gasteiger partial charge in [-0.15, -0.1) is 0 Å². The van der Waals surface area contributed by atoms with E-state index in [4.69, 9.17) is 4.74 Å². The molecule has 4 aliphatic carbocycles. The van der Waals surface area contributed by atoms with Crippen molar-refractivity contribution in [2.45, 2.75) is 63.9 Å². The maximum absolute atomic E-state index is 12.7. The molecule has 4 fully saturated rings. The molecule has 1 unspecified atom stereocenters. The van der Waals surface area contributed by atoms with Crippen molar-refractivity contribution in [1.29, 1.82) is 0 Å². The van der Waals surface area contributed by atoms with Crippen molar-refractivity contribution in [3.8, 4) is 0 Å². The van der Waals surface area contributed by atoms with Gasteiger partial charge in [0.1, 0.15) is 0 Å². The Labute approximate surface area is 170 Å². The molecule has 5 aliphatic rings. The molecule has 29 heavy (non-hydrogen) atoms. The van der Waals surface area contributed by atoms with Crippen LogP contribution in [0.4, 0.5) is 0 Å². The lowest BCUT2D eigenvalue weighted by Gasteiger charge is -2.56. The lowest BCUT2D eigenvalue weighted by atomic mass is 9.49. The van der Waals surface area contributed by atoms with Gasteiger partial charge in [-0.25, -0.2) is 4.79 Å². The van der Waals surface area contributed by atoms with Gasteiger partial charge in [-0.3, -0.25) is 20.4 Å². The molecular formula is C23H28N2O4. The van der Waals surface area contributed by atoms with E-state index in [9.17, 15) is 14.4 Å². The quantitative estimate of drug-likeness (QED) is 0.608. The van der Waals surface area contributed by atoms with Gasteiger partial charge in [0, 0.05) is 12.8 Å². The van der Waals surface area contributed by atoms with E-state index in [1.165, 1.54) is 19.3 Å². The molecule has 4 saturated carbocycles. The minimum Gasteiger partial charge on any atom is -0.445 e. The maximum atomic E-state index is 12.7. The predicted octanol–water partition coefficient (Wildman–Crippen LogP) is 2.91. The third-order valence-corrected chi connectivity index (χ3v) is 7.58. The molecule has 0 aromatic heterocycles. The third-order valence-electron chi connectivity index (χ3n) is 7.58. The van der Waals surface area contributed by atoms with Crippen LogP contribution in [-0.2, 0) is 20.7 Å². The molecule has 1 heterocycles. The standard InChI is InChI=1S/C23H28N2O4/c1-22(12-17-4-2-3-5-18(17)20(27)29-22)21(28)25-24-19(26)13-23-9-14-6-15(10-23)8-16(7-14)11-23/h2-5,14-16H,6-13H2,1H3,(H,24,26)(H,25,28). The molecule has 0 radical (unpaired) electrons. The maximum Gasteiger partial charge on any atom is 0.339 e. The summed E-state index contributed by atoms with van der Waals surface area (Å²) in [5.74, 6) is 1.19. The highest BCUT2D eigenvalue weighted by molar-refractivity contribution is 5.97. The summed E-state index contributed by atoms with van der Waals surface area (Å²) in [5, 5.41) is 0. The molecule has 2 N–H and O–H groups in total. The number of carbonyl (C=O) groups is 3. The second kappa shape index (κ2) is 6.57. The number of amides is 2. The van der Waals surface area contributed by atoms with Crippen molar-refractivity contribution in [3.05, 3.63) is 35.4 Å². The van der Waals surface area contributed by atoms with Crippen LogP contribution in [0.2, 0.25) is 0 Å². The normalized spacial score (nSPS) is 36.9. The van der Waals surface area contributed by atoms with Crippen molar-refractivity contribution in [3.63, 3.8) is 0 Å². The highest BCUT2D eigenvalue weighted by atomic mass is 16.6. The largest absolute Gasteiger partial charge is 0.445 e. The van der Waals surface area contributed by atoms with Crippen LogP contribution in [0.1, 0.15) is 67.8 Å². The van der Waals surface area contributed by atoms with Gasteiger partial charge in [0.15, 0.2) is 5.60 Å². The molecular weight excluding hydrogens is 368 g/mol. The molecule has 2 amide bonds. The zero-order chi connectivity index (χ0) is 20.2. The minimum absolute atomic E-state index is 0.115. The second-order valence-corrected chi connectivity index (χ2v) is 10.1. The fourth-order valence-electron chi connectivity index (χ4n) is 6.81. The Morgan fingerprint density at radius 3 is 2.31 bits per heavy atom. The van der Waals surface area contributed by atoms with Crippen LogP contribution in [-0.4, -0.2) is 23.4 Å². The number of esters is 1. The number of carbonyl (C=O) groups excluding carboxylic acids is 3. The van der Waals surface area contributed by atoms with Crippen LogP contribution in [0.5, 0.6) is 0 Å². The summed E-state index contributed by atoms with van der Waals surface area (Å²) < 4.78 is 5.43. The van der Waals surface area contributed by atoms with Gasteiger partial charge < -0.3 is 4.74 Å². The zero-order valence-corrected chi connectivity index (χ0v) is 16.8. The lowest BCUT2D eigenvalue weighted by Crippen LogP contribution is -2.57. The summed E-state index contributed by atoms with van der Waals surface area (Å²) in [6.07, 6.45) is 8.20. The number of fused-ring (bicyclic) bond motifs is 1. The molecule has 4 bridgehead atoms. The molecule has 154 valence electrons. The molecule has 6 rings (SSSR count). The van der Waals surface area contributed by atoms with E-state index >= 15 is 0 Å². The Morgan fingerprint density at radius 2 is 1.66 bits per heavy atom. The van der Waals surface area contributed by atoms with Crippen LogP contribution < -0.4 is 10.9 Å². The summed E-state index contributed by atoms with van der Waals surface area (Å²) >= 11 is 0. The topological polar surface area (TPSA) is 84.5 Å². The fourth-order valence-corrected chi connectivity index (χ4v) is 6.81. The number of nitrogens with one attached hydrogen (secondary N) is 2. The van der Waals surface area contributed by atoms with Gasteiger partial charge in [0.25, 0.3) is 5.91 Å². The van der Waals surface area contributed by atoms with Crippen molar-refractivity contribution in [2.75, 3.05) is 0 Å².